The Balaban J connectivity index is 2.03. The molecule has 1 aromatic rings. The quantitative estimate of drug-likeness (QED) is 0.745. The van der Waals surface area contributed by atoms with Crippen molar-refractivity contribution in [1.29, 1.82) is 0 Å². The normalized spacial score (nSPS) is 21.0. The van der Waals surface area contributed by atoms with Crippen LogP contribution in [-0.4, -0.2) is 31.2 Å². The van der Waals surface area contributed by atoms with Crippen LogP contribution in [-0.2, 0) is 4.74 Å². The second kappa shape index (κ2) is 4.43. The first kappa shape index (κ1) is 10.1. The summed E-state index contributed by atoms with van der Waals surface area (Å²) in [6, 6.07) is 5.01. The predicted molar refractivity (Wildman–Crippen MR) is 59.9 cm³/mol. The lowest BCUT2D eigenvalue weighted by molar-refractivity contribution is 0.0205. The number of thiophene rings is 1. The van der Waals surface area contributed by atoms with Crippen LogP contribution in [0.4, 0.5) is 0 Å². The summed E-state index contributed by atoms with van der Waals surface area (Å²) in [7, 11) is 0. The van der Waals surface area contributed by atoms with E-state index in [1.165, 1.54) is 9.75 Å². The van der Waals surface area contributed by atoms with Crippen molar-refractivity contribution in [3.63, 3.8) is 0 Å². The summed E-state index contributed by atoms with van der Waals surface area (Å²) >= 11 is 1.91. The highest BCUT2D eigenvalue weighted by atomic mass is 32.1. The van der Waals surface area contributed by atoms with Crippen molar-refractivity contribution in [1.82, 2.24) is 4.90 Å². The van der Waals surface area contributed by atoms with Crippen LogP contribution in [0.15, 0.2) is 12.1 Å². The third kappa shape index (κ3) is 2.16. The van der Waals surface area contributed by atoms with Gasteiger partial charge in [0.25, 0.3) is 0 Å². The van der Waals surface area contributed by atoms with E-state index in [9.17, 15) is 0 Å². The molecule has 1 unspecified atom stereocenters. The molecule has 3 heteroatoms. The largest absolute Gasteiger partial charge is 0.379 e. The second-order valence-electron chi connectivity index (χ2n) is 3.77. The zero-order valence-electron chi connectivity index (χ0n) is 8.82. The summed E-state index contributed by atoms with van der Waals surface area (Å²) in [5.74, 6) is 0. The summed E-state index contributed by atoms with van der Waals surface area (Å²) in [6.07, 6.45) is 0. The number of rotatable bonds is 2. The molecule has 14 heavy (non-hydrogen) atoms. The molecule has 1 aromatic heterocycles. The van der Waals surface area contributed by atoms with Crippen LogP contribution in [0.3, 0.4) is 0 Å². The van der Waals surface area contributed by atoms with Crippen LogP contribution in [0.25, 0.3) is 0 Å². The van der Waals surface area contributed by atoms with E-state index in [0.717, 1.165) is 26.3 Å². The van der Waals surface area contributed by atoms with Gasteiger partial charge in [-0.1, -0.05) is 0 Å². The molecule has 0 radical (unpaired) electrons. The van der Waals surface area contributed by atoms with Gasteiger partial charge in [-0.3, -0.25) is 4.90 Å². The zero-order chi connectivity index (χ0) is 9.97. The Bertz CT molecular complexity index is 291. The third-order valence-corrected chi connectivity index (χ3v) is 3.94. The van der Waals surface area contributed by atoms with Crippen LogP contribution in [0, 0.1) is 6.92 Å². The van der Waals surface area contributed by atoms with E-state index >= 15 is 0 Å². The fourth-order valence-corrected chi connectivity index (χ4v) is 2.79. The molecule has 1 aliphatic rings. The Labute approximate surface area is 89.5 Å². The standard InChI is InChI=1S/C11H17NOS/c1-9-3-4-11(14-9)10(2)12-5-7-13-8-6-12/h3-4,10H,5-8H2,1-2H3. The van der Waals surface area contributed by atoms with E-state index in [4.69, 9.17) is 4.74 Å². The summed E-state index contributed by atoms with van der Waals surface area (Å²) in [5, 5.41) is 0. The van der Waals surface area contributed by atoms with Crippen molar-refractivity contribution >= 4 is 11.3 Å². The number of morpholine rings is 1. The average Bonchev–Trinajstić information content (AvgIpc) is 2.65. The number of aryl methyl sites for hydroxylation is 1. The minimum Gasteiger partial charge on any atom is -0.379 e. The first-order chi connectivity index (χ1) is 6.77. The Kier molecular flexibility index (Phi) is 3.21. The maximum atomic E-state index is 5.35. The van der Waals surface area contributed by atoms with Gasteiger partial charge in [0.15, 0.2) is 0 Å². The average molecular weight is 211 g/mol. The predicted octanol–water partition coefficient (Wildman–Crippen LogP) is 2.45. The van der Waals surface area contributed by atoms with Gasteiger partial charge in [0.05, 0.1) is 13.2 Å². The summed E-state index contributed by atoms with van der Waals surface area (Å²) < 4.78 is 5.35. The Morgan fingerprint density at radius 1 is 1.36 bits per heavy atom. The van der Waals surface area contributed by atoms with Gasteiger partial charge in [-0.2, -0.15) is 0 Å². The molecule has 0 spiro atoms. The minimum atomic E-state index is 0.553. The van der Waals surface area contributed by atoms with E-state index in [2.05, 4.69) is 30.9 Å². The smallest absolute Gasteiger partial charge is 0.0594 e. The highest BCUT2D eigenvalue weighted by Crippen LogP contribution is 2.27. The van der Waals surface area contributed by atoms with E-state index in [1.54, 1.807) is 0 Å². The Morgan fingerprint density at radius 3 is 2.64 bits per heavy atom. The lowest BCUT2D eigenvalue weighted by Gasteiger charge is -2.31. The molecule has 0 aromatic carbocycles. The van der Waals surface area contributed by atoms with Gasteiger partial charge < -0.3 is 4.74 Å². The van der Waals surface area contributed by atoms with Crippen molar-refractivity contribution < 1.29 is 4.74 Å². The van der Waals surface area contributed by atoms with Crippen molar-refractivity contribution in [2.45, 2.75) is 19.9 Å². The van der Waals surface area contributed by atoms with E-state index in [1.807, 2.05) is 11.3 Å². The number of ether oxygens (including phenoxy) is 1. The molecule has 78 valence electrons. The second-order valence-corrected chi connectivity index (χ2v) is 5.09. The molecule has 0 amide bonds. The van der Waals surface area contributed by atoms with Crippen molar-refractivity contribution in [3.05, 3.63) is 21.9 Å². The number of nitrogens with zero attached hydrogens (tertiary/aromatic N) is 1. The molecule has 1 atom stereocenters. The van der Waals surface area contributed by atoms with Crippen LogP contribution >= 0.6 is 11.3 Å². The highest BCUT2D eigenvalue weighted by molar-refractivity contribution is 7.12. The molecule has 0 saturated carbocycles. The molecule has 0 N–H and O–H groups in total. The molecular weight excluding hydrogens is 194 g/mol. The van der Waals surface area contributed by atoms with Crippen LogP contribution in [0.1, 0.15) is 22.7 Å². The van der Waals surface area contributed by atoms with Gasteiger partial charge in [0, 0.05) is 28.9 Å². The van der Waals surface area contributed by atoms with Crippen LogP contribution in [0.5, 0.6) is 0 Å². The lowest BCUT2D eigenvalue weighted by atomic mass is 10.2. The van der Waals surface area contributed by atoms with Gasteiger partial charge in [0.2, 0.25) is 0 Å². The van der Waals surface area contributed by atoms with Gasteiger partial charge in [-0.15, -0.1) is 11.3 Å². The minimum absolute atomic E-state index is 0.553. The first-order valence-corrected chi connectivity index (χ1v) is 5.97. The topological polar surface area (TPSA) is 12.5 Å². The van der Waals surface area contributed by atoms with Gasteiger partial charge in [-0.25, -0.2) is 0 Å². The third-order valence-electron chi connectivity index (χ3n) is 2.77. The van der Waals surface area contributed by atoms with E-state index in [-0.39, 0.29) is 0 Å². The van der Waals surface area contributed by atoms with Gasteiger partial charge in [-0.05, 0) is 26.0 Å². The van der Waals surface area contributed by atoms with E-state index in [0.29, 0.717) is 6.04 Å². The maximum Gasteiger partial charge on any atom is 0.0594 e. The molecule has 0 bridgehead atoms. The summed E-state index contributed by atoms with van der Waals surface area (Å²) in [4.78, 5) is 5.37. The SMILES string of the molecule is Cc1ccc(C(C)N2CCOCC2)s1. The maximum absolute atomic E-state index is 5.35. The van der Waals surface area contributed by atoms with Gasteiger partial charge >= 0.3 is 0 Å². The molecule has 1 fully saturated rings. The monoisotopic (exact) mass is 211 g/mol. The molecule has 2 rings (SSSR count). The number of hydrogen-bond donors (Lipinski definition) is 0. The van der Waals surface area contributed by atoms with Crippen molar-refractivity contribution in [3.8, 4) is 0 Å². The zero-order valence-corrected chi connectivity index (χ0v) is 9.64. The van der Waals surface area contributed by atoms with Gasteiger partial charge in [0.1, 0.15) is 0 Å². The molecule has 2 heterocycles. The van der Waals surface area contributed by atoms with Crippen molar-refractivity contribution in [2.24, 2.45) is 0 Å². The molecule has 0 aliphatic carbocycles. The molecular formula is C11H17NOS. The van der Waals surface area contributed by atoms with Crippen LogP contribution in [0.2, 0.25) is 0 Å². The fraction of sp³-hybridized carbons (Fsp3) is 0.636. The first-order valence-electron chi connectivity index (χ1n) is 5.15. The molecule has 1 aliphatic heterocycles. The molecule has 1 saturated heterocycles. The van der Waals surface area contributed by atoms with E-state index < -0.39 is 0 Å². The number of hydrogen-bond acceptors (Lipinski definition) is 3. The summed E-state index contributed by atoms with van der Waals surface area (Å²) in [6.45, 7) is 8.36. The lowest BCUT2D eigenvalue weighted by Crippen LogP contribution is -2.37. The van der Waals surface area contributed by atoms with Crippen LogP contribution < -0.4 is 0 Å². The highest BCUT2D eigenvalue weighted by Gasteiger charge is 2.19. The Morgan fingerprint density at radius 2 is 2.07 bits per heavy atom. The summed E-state index contributed by atoms with van der Waals surface area (Å²) in [5.41, 5.74) is 0. The Hall–Kier alpha value is -0.380. The molecule has 2 nitrogen and oxygen atoms in total. The van der Waals surface area contributed by atoms with Crippen molar-refractivity contribution in [2.75, 3.05) is 26.3 Å². The fourth-order valence-electron chi connectivity index (χ4n) is 1.82.